The molecule has 0 aliphatic carbocycles. The maximum Gasteiger partial charge on any atom is 0.246 e. The summed E-state index contributed by atoms with van der Waals surface area (Å²) in [6.07, 6.45) is 0.731. The molecule has 0 fully saturated rings. The van der Waals surface area contributed by atoms with Gasteiger partial charge in [0.25, 0.3) is 0 Å². The fourth-order valence-electron chi connectivity index (χ4n) is 2.07. The average Bonchev–Trinajstić information content (AvgIpc) is 2.46. The van der Waals surface area contributed by atoms with Crippen molar-refractivity contribution >= 4 is 10.0 Å². The zero-order valence-electron chi connectivity index (χ0n) is 12.5. The first kappa shape index (κ1) is 16.9. The van der Waals surface area contributed by atoms with Crippen LogP contribution in [0.4, 0.5) is 0 Å². The molecule has 0 radical (unpaired) electrons. The number of hydrogen-bond acceptors (Lipinski definition) is 4. The van der Waals surface area contributed by atoms with Gasteiger partial charge in [0, 0.05) is 12.6 Å². The van der Waals surface area contributed by atoms with E-state index in [9.17, 15) is 13.5 Å². The van der Waals surface area contributed by atoms with Crippen LogP contribution in [-0.4, -0.2) is 37.5 Å². The van der Waals surface area contributed by atoms with Gasteiger partial charge in [-0.3, -0.25) is 0 Å². The highest BCUT2D eigenvalue weighted by Crippen LogP contribution is 2.29. The Morgan fingerprint density at radius 2 is 2.00 bits per heavy atom. The molecular weight excluding hydrogens is 278 g/mol. The van der Waals surface area contributed by atoms with Crippen LogP contribution in [0.15, 0.2) is 23.1 Å². The molecule has 1 rings (SSSR count). The van der Waals surface area contributed by atoms with Gasteiger partial charge in [0.1, 0.15) is 10.6 Å². The molecule has 0 heterocycles. The molecule has 6 heteroatoms. The van der Waals surface area contributed by atoms with Crippen molar-refractivity contribution in [3.05, 3.63) is 23.8 Å². The molecule has 5 nitrogen and oxygen atoms in total. The summed E-state index contributed by atoms with van der Waals surface area (Å²) in [6.45, 7) is 5.82. The second-order valence-electron chi connectivity index (χ2n) is 4.61. The summed E-state index contributed by atoms with van der Waals surface area (Å²) in [5.74, 6) is 0.295. The predicted octanol–water partition coefficient (Wildman–Crippen LogP) is 2.00. The number of aliphatic hydroxyl groups excluding tert-OH is 1. The Morgan fingerprint density at radius 3 is 2.45 bits per heavy atom. The molecule has 1 N–H and O–H groups in total. The highest BCUT2D eigenvalue weighted by atomic mass is 32.2. The number of hydrogen-bond donors (Lipinski definition) is 1. The van der Waals surface area contributed by atoms with Gasteiger partial charge in [-0.15, -0.1) is 0 Å². The molecule has 20 heavy (non-hydrogen) atoms. The molecule has 1 atom stereocenters. The summed E-state index contributed by atoms with van der Waals surface area (Å²) in [7, 11) is -2.20. The third kappa shape index (κ3) is 3.31. The van der Waals surface area contributed by atoms with Crippen LogP contribution < -0.4 is 4.74 Å². The van der Waals surface area contributed by atoms with E-state index in [4.69, 9.17) is 4.74 Å². The second-order valence-corrected chi connectivity index (χ2v) is 6.47. The van der Waals surface area contributed by atoms with Gasteiger partial charge in [0.05, 0.1) is 13.7 Å². The number of methoxy groups -OCH3 is 1. The van der Waals surface area contributed by atoms with E-state index in [1.165, 1.54) is 17.5 Å². The lowest BCUT2D eigenvalue weighted by Gasteiger charge is -2.27. The Bertz CT molecular complexity index is 542. The van der Waals surface area contributed by atoms with E-state index in [2.05, 4.69) is 0 Å². The van der Waals surface area contributed by atoms with Crippen LogP contribution in [0.5, 0.6) is 5.75 Å². The van der Waals surface area contributed by atoms with Crippen molar-refractivity contribution < 1.29 is 18.3 Å². The number of ether oxygens (including phenoxy) is 1. The highest BCUT2D eigenvalue weighted by molar-refractivity contribution is 7.89. The third-order valence-electron chi connectivity index (χ3n) is 3.39. The van der Waals surface area contributed by atoms with Gasteiger partial charge in [-0.1, -0.05) is 19.9 Å². The highest BCUT2D eigenvalue weighted by Gasteiger charge is 2.29. The Labute approximate surface area is 121 Å². The van der Waals surface area contributed by atoms with Crippen molar-refractivity contribution in [3.63, 3.8) is 0 Å². The molecule has 0 aromatic heterocycles. The number of nitrogens with zero attached hydrogens (tertiary/aromatic N) is 1. The third-order valence-corrected chi connectivity index (χ3v) is 5.50. The Hall–Kier alpha value is -1.11. The average molecular weight is 301 g/mol. The van der Waals surface area contributed by atoms with E-state index in [1.54, 1.807) is 12.1 Å². The van der Waals surface area contributed by atoms with Crippen LogP contribution in [0, 0.1) is 0 Å². The van der Waals surface area contributed by atoms with Gasteiger partial charge < -0.3 is 9.84 Å². The monoisotopic (exact) mass is 301 g/mol. The molecule has 0 aliphatic heterocycles. The van der Waals surface area contributed by atoms with Crippen LogP contribution >= 0.6 is 0 Å². The van der Waals surface area contributed by atoms with Crippen LogP contribution in [-0.2, 0) is 16.6 Å². The molecule has 1 unspecified atom stereocenters. The topological polar surface area (TPSA) is 66.8 Å². The first-order valence-corrected chi connectivity index (χ1v) is 8.15. The standard InChI is InChI=1S/C14H23NO4S/c1-5-11(3)15(6-2)20(17,18)14-9-12(10-16)7-8-13(14)19-4/h7-9,11,16H,5-6,10H2,1-4H3. The van der Waals surface area contributed by atoms with Gasteiger partial charge in [0.2, 0.25) is 10.0 Å². The number of aliphatic hydroxyl groups is 1. The lowest BCUT2D eigenvalue weighted by atomic mass is 10.2. The van der Waals surface area contributed by atoms with Gasteiger partial charge >= 0.3 is 0 Å². The van der Waals surface area contributed by atoms with E-state index in [1.807, 2.05) is 20.8 Å². The van der Waals surface area contributed by atoms with Gasteiger partial charge in [0.15, 0.2) is 0 Å². The van der Waals surface area contributed by atoms with Crippen molar-refractivity contribution in [1.29, 1.82) is 0 Å². The van der Waals surface area contributed by atoms with Gasteiger partial charge in [-0.05, 0) is 31.0 Å². The van der Waals surface area contributed by atoms with E-state index >= 15 is 0 Å². The van der Waals surface area contributed by atoms with Crippen LogP contribution in [0.3, 0.4) is 0 Å². The van der Waals surface area contributed by atoms with Crippen LogP contribution in [0.25, 0.3) is 0 Å². The van der Waals surface area contributed by atoms with Crippen molar-refractivity contribution in [3.8, 4) is 5.75 Å². The minimum atomic E-state index is -3.64. The fraction of sp³-hybridized carbons (Fsp3) is 0.571. The van der Waals surface area contributed by atoms with Crippen LogP contribution in [0.1, 0.15) is 32.8 Å². The summed E-state index contributed by atoms with van der Waals surface area (Å²) in [6, 6.07) is 4.60. The normalized spacial score (nSPS) is 13.5. The number of sulfonamides is 1. The lowest BCUT2D eigenvalue weighted by Crippen LogP contribution is -2.38. The Balaban J connectivity index is 3.39. The summed E-state index contributed by atoms with van der Waals surface area (Å²) in [4.78, 5) is 0.105. The molecule has 114 valence electrons. The first-order chi connectivity index (χ1) is 9.42. The summed E-state index contributed by atoms with van der Waals surface area (Å²) < 4.78 is 32.2. The zero-order valence-corrected chi connectivity index (χ0v) is 13.3. The van der Waals surface area contributed by atoms with Crippen molar-refractivity contribution in [2.45, 2.75) is 44.7 Å². The summed E-state index contributed by atoms with van der Waals surface area (Å²) >= 11 is 0. The van der Waals surface area contributed by atoms with E-state index in [0.717, 1.165) is 6.42 Å². The van der Waals surface area contributed by atoms with Crippen molar-refractivity contribution in [2.24, 2.45) is 0 Å². The number of benzene rings is 1. The maximum atomic E-state index is 12.8. The minimum Gasteiger partial charge on any atom is -0.495 e. The number of rotatable bonds is 7. The lowest BCUT2D eigenvalue weighted by molar-refractivity contribution is 0.281. The van der Waals surface area contributed by atoms with Crippen molar-refractivity contribution in [2.75, 3.05) is 13.7 Å². The Kier molecular flexibility index (Phi) is 5.98. The first-order valence-electron chi connectivity index (χ1n) is 6.71. The quantitative estimate of drug-likeness (QED) is 0.836. The predicted molar refractivity (Wildman–Crippen MR) is 78.2 cm³/mol. The van der Waals surface area contributed by atoms with Gasteiger partial charge in [-0.25, -0.2) is 8.42 Å². The van der Waals surface area contributed by atoms with E-state index in [0.29, 0.717) is 17.9 Å². The Morgan fingerprint density at radius 1 is 1.35 bits per heavy atom. The van der Waals surface area contributed by atoms with Gasteiger partial charge in [-0.2, -0.15) is 4.31 Å². The molecule has 1 aromatic rings. The smallest absolute Gasteiger partial charge is 0.246 e. The largest absolute Gasteiger partial charge is 0.495 e. The second kappa shape index (κ2) is 7.06. The molecule has 0 aliphatic rings. The maximum absolute atomic E-state index is 12.8. The fourth-order valence-corrected chi connectivity index (χ4v) is 3.99. The zero-order chi connectivity index (χ0) is 15.3. The molecule has 0 saturated heterocycles. The molecular formula is C14H23NO4S. The van der Waals surface area contributed by atoms with E-state index in [-0.39, 0.29) is 17.5 Å². The molecule has 0 amide bonds. The summed E-state index contributed by atoms with van der Waals surface area (Å²) in [5.41, 5.74) is 0.546. The summed E-state index contributed by atoms with van der Waals surface area (Å²) in [5, 5.41) is 9.19. The molecule has 0 spiro atoms. The SMILES string of the molecule is CCC(C)N(CC)S(=O)(=O)c1cc(CO)ccc1OC. The van der Waals surface area contributed by atoms with Crippen molar-refractivity contribution in [1.82, 2.24) is 4.31 Å². The van der Waals surface area contributed by atoms with E-state index < -0.39 is 10.0 Å². The molecule has 1 aromatic carbocycles. The molecule has 0 saturated carbocycles. The molecule has 0 bridgehead atoms. The van der Waals surface area contributed by atoms with Crippen LogP contribution in [0.2, 0.25) is 0 Å². The minimum absolute atomic E-state index is 0.0903.